The summed E-state index contributed by atoms with van der Waals surface area (Å²) < 4.78 is 15.5. The van der Waals surface area contributed by atoms with E-state index in [1.807, 2.05) is 6.92 Å². The van der Waals surface area contributed by atoms with Gasteiger partial charge in [-0.3, -0.25) is 13.9 Å². The van der Waals surface area contributed by atoms with E-state index in [9.17, 15) is 14.0 Å². The van der Waals surface area contributed by atoms with E-state index < -0.39 is 17.1 Å². The van der Waals surface area contributed by atoms with E-state index in [4.69, 9.17) is 0 Å². The quantitative estimate of drug-likeness (QED) is 0.738. The number of rotatable bonds is 3. The van der Waals surface area contributed by atoms with Crippen molar-refractivity contribution in [3.63, 3.8) is 0 Å². The molecule has 0 fully saturated rings. The van der Waals surface area contributed by atoms with Gasteiger partial charge in [-0.1, -0.05) is 13.3 Å². The van der Waals surface area contributed by atoms with Gasteiger partial charge in [0.1, 0.15) is 0 Å². The highest BCUT2D eigenvalue weighted by molar-refractivity contribution is 5.05. The second kappa shape index (κ2) is 4.42. The molecule has 1 rings (SSSR count). The van der Waals surface area contributed by atoms with Crippen LogP contribution >= 0.6 is 0 Å². The van der Waals surface area contributed by atoms with Crippen LogP contribution in [0.1, 0.15) is 25.5 Å². The summed E-state index contributed by atoms with van der Waals surface area (Å²) in [4.78, 5) is 22.8. The fraction of sp³-hybridized carbons (Fsp3) is 0.600. The molecule has 0 saturated carbocycles. The van der Waals surface area contributed by atoms with E-state index in [0.717, 1.165) is 17.4 Å². The number of unbranched alkanes of at least 4 members (excludes halogenated alkanes) is 1. The molecule has 0 N–H and O–H groups in total. The molecule has 0 atom stereocenters. The first-order valence-electron chi connectivity index (χ1n) is 4.95. The zero-order valence-corrected chi connectivity index (χ0v) is 9.21. The molecule has 5 heteroatoms. The van der Waals surface area contributed by atoms with Crippen molar-refractivity contribution >= 4 is 0 Å². The first-order valence-corrected chi connectivity index (χ1v) is 4.95. The van der Waals surface area contributed by atoms with Gasteiger partial charge in [0.05, 0.1) is 5.69 Å². The molecule has 0 saturated heterocycles. The first-order chi connectivity index (χ1) is 7.00. The lowest BCUT2D eigenvalue weighted by Gasteiger charge is -2.09. The Morgan fingerprint density at radius 2 is 1.80 bits per heavy atom. The van der Waals surface area contributed by atoms with E-state index in [-0.39, 0.29) is 5.69 Å². The van der Waals surface area contributed by atoms with Gasteiger partial charge in [-0.05, 0) is 12.8 Å². The van der Waals surface area contributed by atoms with Crippen LogP contribution in [-0.2, 0) is 20.5 Å². The lowest BCUT2D eigenvalue weighted by molar-refractivity contribution is 0.509. The minimum Gasteiger partial charge on any atom is -0.298 e. The lowest BCUT2D eigenvalue weighted by atomic mass is 10.2. The molecule has 0 aliphatic carbocycles. The van der Waals surface area contributed by atoms with Crippen LogP contribution < -0.4 is 11.2 Å². The van der Waals surface area contributed by atoms with Gasteiger partial charge >= 0.3 is 5.69 Å². The van der Waals surface area contributed by atoms with Crippen molar-refractivity contribution in [3.8, 4) is 0 Å². The molecule has 0 spiro atoms. The maximum Gasteiger partial charge on any atom is 0.330 e. The van der Waals surface area contributed by atoms with Crippen molar-refractivity contribution < 1.29 is 4.39 Å². The highest BCUT2D eigenvalue weighted by atomic mass is 19.1. The number of hydrogen-bond donors (Lipinski definition) is 0. The summed E-state index contributed by atoms with van der Waals surface area (Å²) in [6, 6.07) is 0. The predicted octanol–water partition coefficient (Wildman–Crippen LogP) is 0.566. The third-order valence-corrected chi connectivity index (χ3v) is 2.49. The molecular formula is C10H15FN2O2. The molecule has 0 unspecified atom stereocenters. The van der Waals surface area contributed by atoms with Crippen LogP contribution in [0.3, 0.4) is 0 Å². The van der Waals surface area contributed by atoms with Crippen LogP contribution in [0.25, 0.3) is 0 Å². The maximum atomic E-state index is 13.5. The summed E-state index contributed by atoms with van der Waals surface area (Å²) in [5, 5.41) is 0. The van der Waals surface area contributed by atoms with Gasteiger partial charge in [0.2, 0.25) is 5.82 Å². The Morgan fingerprint density at radius 1 is 1.20 bits per heavy atom. The predicted molar refractivity (Wildman–Crippen MR) is 55.5 cm³/mol. The van der Waals surface area contributed by atoms with Gasteiger partial charge in [0, 0.05) is 14.1 Å². The Labute approximate surface area is 87.0 Å². The summed E-state index contributed by atoms with van der Waals surface area (Å²) in [7, 11) is 2.76. The Hall–Kier alpha value is -1.39. The van der Waals surface area contributed by atoms with Crippen molar-refractivity contribution in [2.24, 2.45) is 14.1 Å². The van der Waals surface area contributed by atoms with E-state index in [1.54, 1.807) is 0 Å². The minimum absolute atomic E-state index is 0.199. The molecule has 1 heterocycles. The van der Waals surface area contributed by atoms with Crippen molar-refractivity contribution in [1.29, 1.82) is 0 Å². The largest absolute Gasteiger partial charge is 0.330 e. The Balaban J connectivity index is 3.39. The Bertz CT molecular complexity index is 436. The van der Waals surface area contributed by atoms with E-state index >= 15 is 0 Å². The van der Waals surface area contributed by atoms with Crippen LogP contribution in [0.15, 0.2) is 9.59 Å². The fourth-order valence-electron chi connectivity index (χ4n) is 1.47. The molecule has 84 valence electrons. The lowest BCUT2D eigenvalue weighted by Crippen LogP contribution is -2.40. The molecule has 1 aromatic heterocycles. The molecule has 0 amide bonds. The summed E-state index contributed by atoms with van der Waals surface area (Å²) in [5.74, 6) is -0.812. The molecule has 0 aromatic carbocycles. The molecule has 0 aliphatic heterocycles. The fourth-order valence-corrected chi connectivity index (χ4v) is 1.47. The van der Waals surface area contributed by atoms with Crippen LogP contribution in [0.4, 0.5) is 4.39 Å². The van der Waals surface area contributed by atoms with Crippen LogP contribution in [0.2, 0.25) is 0 Å². The van der Waals surface area contributed by atoms with Crippen molar-refractivity contribution in [2.75, 3.05) is 0 Å². The number of hydrogen-bond acceptors (Lipinski definition) is 2. The average Bonchev–Trinajstić information content (AvgIpc) is 2.24. The van der Waals surface area contributed by atoms with Crippen LogP contribution in [0.5, 0.6) is 0 Å². The smallest absolute Gasteiger partial charge is 0.298 e. The topological polar surface area (TPSA) is 44.0 Å². The monoisotopic (exact) mass is 214 g/mol. The average molecular weight is 214 g/mol. The van der Waals surface area contributed by atoms with Gasteiger partial charge in [-0.15, -0.1) is 0 Å². The van der Waals surface area contributed by atoms with Gasteiger partial charge in [0.15, 0.2) is 0 Å². The number of nitrogens with zero attached hydrogens (tertiary/aromatic N) is 2. The summed E-state index contributed by atoms with van der Waals surface area (Å²) in [5.41, 5.74) is -1.12. The normalized spacial score (nSPS) is 10.7. The zero-order valence-electron chi connectivity index (χ0n) is 9.21. The van der Waals surface area contributed by atoms with Gasteiger partial charge in [0.25, 0.3) is 5.56 Å². The third kappa shape index (κ3) is 2.00. The molecular weight excluding hydrogens is 199 g/mol. The van der Waals surface area contributed by atoms with E-state index in [0.29, 0.717) is 6.42 Å². The third-order valence-electron chi connectivity index (χ3n) is 2.49. The summed E-state index contributed by atoms with van der Waals surface area (Å²) >= 11 is 0. The minimum atomic E-state index is -0.843. The maximum absolute atomic E-state index is 13.5. The SMILES string of the molecule is CCCCc1c(F)c(=O)n(C)c(=O)n1C. The highest BCUT2D eigenvalue weighted by Gasteiger charge is 2.14. The Kier molecular flexibility index (Phi) is 3.44. The molecule has 1 aromatic rings. The van der Waals surface area contributed by atoms with Crippen molar-refractivity contribution in [2.45, 2.75) is 26.2 Å². The highest BCUT2D eigenvalue weighted by Crippen LogP contribution is 2.04. The molecule has 0 aliphatic rings. The first kappa shape index (κ1) is 11.7. The molecule has 0 radical (unpaired) electrons. The van der Waals surface area contributed by atoms with Gasteiger partial charge in [-0.25, -0.2) is 4.79 Å². The standard InChI is InChI=1S/C10H15FN2O2/c1-4-5-6-7-8(11)9(14)13(3)10(15)12(7)2/h4-6H2,1-3H3. The second-order valence-electron chi connectivity index (χ2n) is 3.57. The number of halogens is 1. The van der Waals surface area contributed by atoms with Gasteiger partial charge in [-0.2, -0.15) is 4.39 Å². The second-order valence-corrected chi connectivity index (χ2v) is 3.57. The van der Waals surface area contributed by atoms with Crippen molar-refractivity contribution in [1.82, 2.24) is 9.13 Å². The summed E-state index contributed by atoms with van der Waals surface area (Å²) in [6.07, 6.45) is 2.07. The van der Waals surface area contributed by atoms with Gasteiger partial charge < -0.3 is 0 Å². The summed E-state index contributed by atoms with van der Waals surface area (Å²) in [6.45, 7) is 1.97. The van der Waals surface area contributed by atoms with Crippen molar-refractivity contribution in [3.05, 3.63) is 32.3 Å². The Morgan fingerprint density at radius 3 is 2.33 bits per heavy atom. The molecule has 4 nitrogen and oxygen atoms in total. The van der Waals surface area contributed by atoms with E-state index in [2.05, 4.69) is 0 Å². The molecule has 15 heavy (non-hydrogen) atoms. The van der Waals surface area contributed by atoms with E-state index in [1.165, 1.54) is 18.7 Å². The molecule has 0 bridgehead atoms. The zero-order chi connectivity index (χ0) is 11.6. The number of aromatic nitrogens is 2. The van der Waals surface area contributed by atoms with Crippen LogP contribution in [0, 0.1) is 5.82 Å². The van der Waals surface area contributed by atoms with Crippen LogP contribution in [-0.4, -0.2) is 9.13 Å².